The summed E-state index contributed by atoms with van der Waals surface area (Å²) in [7, 11) is 0. The number of anilines is 1. The van der Waals surface area contributed by atoms with E-state index in [0.29, 0.717) is 5.15 Å². The Morgan fingerprint density at radius 3 is 2.59 bits per heavy atom. The summed E-state index contributed by atoms with van der Waals surface area (Å²) in [6, 6.07) is 16.9. The molecule has 1 fully saturated rings. The molecule has 3 aromatic rings. The predicted octanol–water partition coefficient (Wildman–Crippen LogP) is 4.12. The fourth-order valence-corrected chi connectivity index (χ4v) is 3.66. The minimum absolute atomic E-state index is 0.129. The van der Waals surface area contributed by atoms with Crippen molar-refractivity contribution in [1.29, 1.82) is 0 Å². The summed E-state index contributed by atoms with van der Waals surface area (Å²) in [5.41, 5.74) is 2.96. The first kappa shape index (κ1) is 17.7. The molecule has 1 saturated heterocycles. The van der Waals surface area contributed by atoms with Crippen molar-refractivity contribution >= 4 is 33.9 Å². The fourth-order valence-electron chi connectivity index (χ4n) is 3.46. The summed E-state index contributed by atoms with van der Waals surface area (Å²) in [4.78, 5) is 19.6. The quantitative estimate of drug-likeness (QED) is 0.386. The van der Waals surface area contributed by atoms with E-state index in [1.165, 1.54) is 6.07 Å². The van der Waals surface area contributed by atoms with Gasteiger partial charge in [0.25, 0.3) is 5.69 Å². The van der Waals surface area contributed by atoms with Crippen LogP contribution in [0.3, 0.4) is 0 Å². The lowest BCUT2D eigenvalue weighted by molar-refractivity contribution is -0.384. The number of nitrogens with zero attached hydrogens (tertiary/aromatic N) is 4. The summed E-state index contributed by atoms with van der Waals surface area (Å²) in [6.07, 6.45) is 0. The zero-order chi connectivity index (χ0) is 18.8. The maximum Gasteiger partial charge on any atom is 0.271 e. The van der Waals surface area contributed by atoms with Crippen LogP contribution in [0.1, 0.15) is 5.56 Å². The van der Waals surface area contributed by atoms with Crippen molar-refractivity contribution in [3.8, 4) is 0 Å². The minimum atomic E-state index is -0.353. The Morgan fingerprint density at radius 1 is 1.04 bits per heavy atom. The molecule has 0 spiro atoms. The van der Waals surface area contributed by atoms with Crippen LogP contribution in [0, 0.1) is 10.1 Å². The van der Waals surface area contributed by atoms with E-state index in [1.54, 1.807) is 12.1 Å². The first-order chi connectivity index (χ1) is 13.1. The highest BCUT2D eigenvalue weighted by Crippen LogP contribution is 2.25. The van der Waals surface area contributed by atoms with Gasteiger partial charge >= 0.3 is 0 Å². The molecule has 2 heterocycles. The van der Waals surface area contributed by atoms with Gasteiger partial charge in [-0.25, -0.2) is 4.98 Å². The molecule has 138 valence electrons. The molecule has 1 aliphatic heterocycles. The first-order valence-electron chi connectivity index (χ1n) is 8.86. The molecule has 0 unspecified atom stereocenters. The van der Waals surface area contributed by atoms with Gasteiger partial charge in [-0.3, -0.25) is 15.0 Å². The van der Waals surface area contributed by atoms with Gasteiger partial charge in [0, 0.05) is 61.5 Å². The van der Waals surface area contributed by atoms with Gasteiger partial charge in [0.2, 0.25) is 0 Å². The standard InChI is InChI=1S/C20H19ClN4O2/c21-20-16(12-15-4-1-2-7-19(15)22-20)14-23-8-10-24(11-9-23)17-5-3-6-18(13-17)25(26)27/h1-7,12-13H,8-11,14H2. The van der Waals surface area contributed by atoms with Crippen LogP contribution in [0.5, 0.6) is 0 Å². The molecule has 0 amide bonds. The van der Waals surface area contributed by atoms with Gasteiger partial charge in [0.1, 0.15) is 5.15 Å². The Hall–Kier alpha value is -2.70. The molecule has 0 atom stereocenters. The van der Waals surface area contributed by atoms with Gasteiger partial charge in [-0.15, -0.1) is 0 Å². The molecule has 27 heavy (non-hydrogen) atoms. The number of non-ortho nitro benzene ring substituents is 1. The van der Waals surface area contributed by atoms with E-state index >= 15 is 0 Å². The molecule has 0 radical (unpaired) electrons. The molecule has 1 aromatic heterocycles. The Balaban J connectivity index is 1.43. The Bertz CT molecular complexity index is 987. The van der Waals surface area contributed by atoms with Crippen molar-refractivity contribution < 1.29 is 4.92 Å². The van der Waals surface area contributed by atoms with E-state index in [0.717, 1.165) is 54.9 Å². The van der Waals surface area contributed by atoms with Gasteiger partial charge in [-0.2, -0.15) is 0 Å². The smallest absolute Gasteiger partial charge is 0.271 e. The second kappa shape index (κ2) is 7.50. The number of nitro groups is 1. The van der Waals surface area contributed by atoms with Gasteiger partial charge in [0.15, 0.2) is 0 Å². The Kier molecular flexibility index (Phi) is 4.92. The van der Waals surface area contributed by atoms with Gasteiger partial charge < -0.3 is 4.90 Å². The van der Waals surface area contributed by atoms with Crippen LogP contribution in [-0.4, -0.2) is 41.0 Å². The first-order valence-corrected chi connectivity index (χ1v) is 9.24. The van der Waals surface area contributed by atoms with Gasteiger partial charge in [0.05, 0.1) is 10.4 Å². The van der Waals surface area contributed by atoms with Crippen molar-refractivity contribution in [1.82, 2.24) is 9.88 Å². The van der Waals surface area contributed by atoms with Crippen LogP contribution in [0.15, 0.2) is 54.6 Å². The van der Waals surface area contributed by atoms with E-state index < -0.39 is 0 Å². The monoisotopic (exact) mass is 382 g/mol. The van der Waals surface area contributed by atoms with Gasteiger partial charge in [-0.1, -0.05) is 35.9 Å². The fraction of sp³-hybridized carbons (Fsp3) is 0.250. The van der Waals surface area contributed by atoms with Crippen LogP contribution < -0.4 is 4.90 Å². The number of benzene rings is 2. The lowest BCUT2D eigenvalue weighted by Gasteiger charge is -2.36. The molecule has 0 N–H and O–H groups in total. The number of hydrogen-bond donors (Lipinski definition) is 0. The van der Waals surface area contributed by atoms with Crippen molar-refractivity contribution in [2.24, 2.45) is 0 Å². The summed E-state index contributed by atoms with van der Waals surface area (Å²) in [5.74, 6) is 0. The summed E-state index contributed by atoms with van der Waals surface area (Å²) in [5, 5.41) is 12.6. The molecule has 4 rings (SSSR count). The number of hydrogen-bond acceptors (Lipinski definition) is 5. The summed E-state index contributed by atoms with van der Waals surface area (Å²) < 4.78 is 0. The number of nitro benzene ring substituents is 1. The number of para-hydroxylation sites is 1. The van der Waals surface area contributed by atoms with E-state index in [2.05, 4.69) is 20.9 Å². The van der Waals surface area contributed by atoms with Crippen LogP contribution in [0.2, 0.25) is 5.15 Å². The highest BCUT2D eigenvalue weighted by atomic mass is 35.5. The second-order valence-electron chi connectivity index (χ2n) is 6.67. The number of rotatable bonds is 4. The van der Waals surface area contributed by atoms with Crippen LogP contribution in [0.4, 0.5) is 11.4 Å². The van der Waals surface area contributed by atoms with E-state index in [1.807, 2.05) is 30.3 Å². The van der Waals surface area contributed by atoms with Crippen molar-refractivity contribution in [3.63, 3.8) is 0 Å². The topological polar surface area (TPSA) is 62.5 Å². The zero-order valence-corrected chi connectivity index (χ0v) is 15.5. The number of pyridine rings is 1. The largest absolute Gasteiger partial charge is 0.369 e. The predicted molar refractivity (Wildman–Crippen MR) is 107 cm³/mol. The molecule has 7 heteroatoms. The molecule has 0 saturated carbocycles. The highest BCUT2D eigenvalue weighted by molar-refractivity contribution is 6.30. The molecule has 2 aromatic carbocycles. The third kappa shape index (κ3) is 3.86. The average molecular weight is 383 g/mol. The molecule has 0 aliphatic carbocycles. The van der Waals surface area contributed by atoms with E-state index in [4.69, 9.17) is 11.6 Å². The molecular formula is C20H19ClN4O2. The van der Waals surface area contributed by atoms with Crippen LogP contribution in [-0.2, 0) is 6.54 Å². The van der Waals surface area contributed by atoms with Crippen molar-refractivity contribution in [3.05, 3.63) is 75.4 Å². The SMILES string of the molecule is O=[N+]([O-])c1cccc(N2CCN(Cc3cc4ccccc4nc3Cl)CC2)c1. The van der Waals surface area contributed by atoms with Crippen molar-refractivity contribution in [2.75, 3.05) is 31.1 Å². The Morgan fingerprint density at radius 2 is 1.81 bits per heavy atom. The minimum Gasteiger partial charge on any atom is -0.369 e. The van der Waals surface area contributed by atoms with Crippen LogP contribution in [0.25, 0.3) is 10.9 Å². The molecule has 0 bridgehead atoms. The normalized spacial score (nSPS) is 15.2. The second-order valence-corrected chi connectivity index (χ2v) is 7.03. The molecule has 6 nitrogen and oxygen atoms in total. The molecule has 1 aliphatic rings. The third-order valence-corrected chi connectivity index (χ3v) is 5.25. The molecular weight excluding hydrogens is 364 g/mol. The summed E-state index contributed by atoms with van der Waals surface area (Å²) >= 11 is 6.38. The van der Waals surface area contributed by atoms with Crippen molar-refractivity contribution in [2.45, 2.75) is 6.54 Å². The summed E-state index contributed by atoms with van der Waals surface area (Å²) in [6.45, 7) is 4.12. The lowest BCUT2D eigenvalue weighted by Crippen LogP contribution is -2.46. The third-order valence-electron chi connectivity index (χ3n) is 4.92. The van der Waals surface area contributed by atoms with E-state index in [-0.39, 0.29) is 10.6 Å². The zero-order valence-electron chi connectivity index (χ0n) is 14.7. The van der Waals surface area contributed by atoms with E-state index in [9.17, 15) is 10.1 Å². The van der Waals surface area contributed by atoms with Gasteiger partial charge in [-0.05, 0) is 18.2 Å². The average Bonchev–Trinajstić information content (AvgIpc) is 2.69. The number of fused-ring (bicyclic) bond motifs is 1. The highest BCUT2D eigenvalue weighted by Gasteiger charge is 2.20. The maximum atomic E-state index is 11.0. The Labute approximate surface area is 162 Å². The van der Waals surface area contributed by atoms with Crippen LogP contribution >= 0.6 is 11.6 Å². The maximum absolute atomic E-state index is 11.0. The number of halogens is 1. The lowest BCUT2D eigenvalue weighted by atomic mass is 10.1. The number of aromatic nitrogens is 1. The number of piperazine rings is 1.